The molecule has 110 valence electrons. The van der Waals surface area contributed by atoms with Crippen LogP contribution in [0.4, 0.5) is 5.95 Å². The fourth-order valence-corrected chi connectivity index (χ4v) is 4.49. The smallest absolute Gasteiger partial charge is 0.244 e. The topological polar surface area (TPSA) is 70.8 Å². The van der Waals surface area contributed by atoms with Crippen LogP contribution in [0.15, 0.2) is 0 Å². The average Bonchev–Trinajstić information content (AvgIpc) is 3.16. The molecule has 2 aliphatic carbocycles. The van der Waals surface area contributed by atoms with Crippen molar-refractivity contribution < 1.29 is 0 Å². The van der Waals surface area contributed by atoms with Gasteiger partial charge >= 0.3 is 0 Å². The molecule has 4 rings (SSSR count). The normalized spacial score (nSPS) is 34.0. The summed E-state index contributed by atoms with van der Waals surface area (Å²) in [5.41, 5.74) is 5.95. The van der Waals surface area contributed by atoms with E-state index in [-0.39, 0.29) is 0 Å². The minimum absolute atomic E-state index is 0.360. The molecule has 3 N–H and O–H groups in total. The van der Waals surface area contributed by atoms with Gasteiger partial charge in [-0.1, -0.05) is 6.42 Å². The zero-order chi connectivity index (χ0) is 13.5. The molecule has 2 bridgehead atoms. The zero-order valence-corrected chi connectivity index (χ0v) is 12.1. The first-order chi connectivity index (χ1) is 9.78. The molecule has 1 aromatic rings. The van der Waals surface area contributed by atoms with Crippen LogP contribution in [-0.4, -0.2) is 34.3 Å². The number of hydrogen-bond donors (Lipinski definition) is 2. The first-order valence-corrected chi connectivity index (χ1v) is 8.19. The lowest BCUT2D eigenvalue weighted by atomic mass is 9.86. The summed E-state index contributed by atoms with van der Waals surface area (Å²) < 4.78 is 0. The highest BCUT2D eigenvalue weighted by atomic mass is 15.4. The summed E-state index contributed by atoms with van der Waals surface area (Å²) in [6.45, 7) is 1.99. The van der Waals surface area contributed by atoms with Crippen LogP contribution in [0, 0.1) is 17.8 Å². The number of nitrogens with zero attached hydrogens (tertiary/aromatic N) is 3. The van der Waals surface area contributed by atoms with Gasteiger partial charge in [-0.05, 0) is 49.9 Å². The van der Waals surface area contributed by atoms with Gasteiger partial charge in [0.15, 0.2) is 0 Å². The molecule has 3 aliphatic rings. The van der Waals surface area contributed by atoms with E-state index in [2.05, 4.69) is 15.1 Å². The van der Waals surface area contributed by atoms with Crippen LogP contribution in [0.25, 0.3) is 0 Å². The summed E-state index contributed by atoms with van der Waals surface area (Å²) >= 11 is 0. The van der Waals surface area contributed by atoms with Gasteiger partial charge in [-0.25, -0.2) is 0 Å². The number of nitrogens with two attached hydrogens (primary N) is 1. The summed E-state index contributed by atoms with van der Waals surface area (Å²) in [7, 11) is 0. The molecule has 20 heavy (non-hydrogen) atoms. The van der Waals surface area contributed by atoms with Crippen molar-refractivity contribution in [1.82, 2.24) is 15.2 Å². The van der Waals surface area contributed by atoms with E-state index in [9.17, 15) is 0 Å². The second-order valence-electron chi connectivity index (χ2n) is 7.05. The summed E-state index contributed by atoms with van der Waals surface area (Å²) in [4.78, 5) is 6.99. The molecule has 0 radical (unpaired) electrons. The highest BCUT2D eigenvalue weighted by Crippen LogP contribution is 2.49. The number of rotatable bonds is 3. The van der Waals surface area contributed by atoms with Crippen molar-refractivity contribution in [2.24, 2.45) is 23.5 Å². The zero-order valence-electron chi connectivity index (χ0n) is 12.1. The van der Waals surface area contributed by atoms with E-state index in [1.54, 1.807) is 0 Å². The Morgan fingerprint density at radius 3 is 2.70 bits per heavy atom. The van der Waals surface area contributed by atoms with E-state index < -0.39 is 0 Å². The Bertz CT molecular complexity index is 463. The lowest BCUT2D eigenvalue weighted by molar-refractivity contribution is 0.327. The summed E-state index contributed by atoms with van der Waals surface area (Å²) in [5.74, 6) is 4.80. The standard InChI is InChI=1S/C15H25N5/c16-13-3-5-20(6-4-13)15-17-14(18-19-15)9-12-8-10-1-2-11(12)7-10/h10-13H,1-9,16H2,(H,17,18,19). The number of piperidine rings is 1. The quantitative estimate of drug-likeness (QED) is 0.881. The van der Waals surface area contributed by atoms with E-state index in [4.69, 9.17) is 10.7 Å². The fraction of sp³-hybridized carbons (Fsp3) is 0.867. The van der Waals surface area contributed by atoms with Gasteiger partial charge in [0.25, 0.3) is 0 Å². The van der Waals surface area contributed by atoms with Crippen molar-refractivity contribution >= 4 is 5.95 Å². The second-order valence-corrected chi connectivity index (χ2v) is 7.05. The number of fused-ring (bicyclic) bond motifs is 2. The van der Waals surface area contributed by atoms with Crippen LogP contribution in [0.1, 0.15) is 44.3 Å². The van der Waals surface area contributed by atoms with Crippen molar-refractivity contribution in [3.05, 3.63) is 5.82 Å². The van der Waals surface area contributed by atoms with E-state index in [0.29, 0.717) is 6.04 Å². The lowest BCUT2D eigenvalue weighted by Gasteiger charge is -2.28. The Balaban J connectivity index is 1.38. The van der Waals surface area contributed by atoms with Crippen LogP contribution in [0.5, 0.6) is 0 Å². The molecule has 1 saturated heterocycles. The molecule has 1 aliphatic heterocycles. The van der Waals surface area contributed by atoms with Crippen molar-refractivity contribution in [2.75, 3.05) is 18.0 Å². The summed E-state index contributed by atoms with van der Waals surface area (Å²) in [6, 6.07) is 0.360. The van der Waals surface area contributed by atoms with Crippen LogP contribution >= 0.6 is 0 Å². The van der Waals surface area contributed by atoms with Crippen LogP contribution in [0.3, 0.4) is 0 Å². The predicted octanol–water partition coefficient (Wildman–Crippen LogP) is 1.71. The molecule has 2 saturated carbocycles. The van der Waals surface area contributed by atoms with Crippen LogP contribution in [-0.2, 0) is 6.42 Å². The maximum Gasteiger partial charge on any atom is 0.244 e. The number of aromatic nitrogens is 3. The van der Waals surface area contributed by atoms with E-state index >= 15 is 0 Å². The fourth-order valence-electron chi connectivity index (χ4n) is 4.49. The SMILES string of the molecule is NC1CCN(c2n[nH]c(CC3CC4CCC3C4)n2)CC1. The first kappa shape index (κ1) is 12.6. The van der Waals surface area contributed by atoms with Gasteiger partial charge in [0, 0.05) is 25.6 Å². The average molecular weight is 275 g/mol. The summed E-state index contributed by atoms with van der Waals surface area (Å²) in [6.07, 6.45) is 9.00. The Hall–Kier alpha value is -1.10. The Kier molecular flexibility index (Phi) is 3.17. The Morgan fingerprint density at radius 2 is 2.00 bits per heavy atom. The van der Waals surface area contributed by atoms with Crippen molar-refractivity contribution in [3.63, 3.8) is 0 Å². The second kappa shape index (κ2) is 5.02. The molecule has 0 amide bonds. The molecule has 5 heteroatoms. The van der Waals surface area contributed by atoms with Gasteiger partial charge < -0.3 is 10.6 Å². The Labute approximate surface area is 120 Å². The molecule has 0 aromatic carbocycles. The van der Waals surface area contributed by atoms with Gasteiger partial charge in [0.2, 0.25) is 5.95 Å². The molecule has 2 heterocycles. The highest BCUT2D eigenvalue weighted by Gasteiger charge is 2.39. The van der Waals surface area contributed by atoms with Crippen molar-refractivity contribution in [3.8, 4) is 0 Å². The third kappa shape index (κ3) is 2.32. The summed E-state index contributed by atoms with van der Waals surface area (Å²) in [5, 5.41) is 7.58. The lowest BCUT2D eigenvalue weighted by Crippen LogP contribution is -2.40. The van der Waals surface area contributed by atoms with Crippen LogP contribution < -0.4 is 10.6 Å². The molecule has 3 unspecified atom stereocenters. The Morgan fingerprint density at radius 1 is 1.15 bits per heavy atom. The third-order valence-electron chi connectivity index (χ3n) is 5.68. The van der Waals surface area contributed by atoms with Gasteiger partial charge in [-0.3, -0.25) is 5.10 Å². The van der Waals surface area contributed by atoms with Crippen LogP contribution in [0.2, 0.25) is 0 Å². The number of aromatic amines is 1. The number of anilines is 1. The molecule has 1 aromatic heterocycles. The minimum Gasteiger partial charge on any atom is -0.339 e. The molecule has 3 atom stereocenters. The molecular weight excluding hydrogens is 250 g/mol. The van der Waals surface area contributed by atoms with Gasteiger partial charge in [0.1, 0.15) is 5.82 Å². The molecule has 5 nitrogen and oxygen atoms in total. The maximum atomic E-state index is 5.95. The number of hydrogen-bond acceptors (Lipinski definition) is 4. The monoisotopic (exact) mass is 275 g/mol. The van der Waals surface area contributed by atoms with Crippen molar-refractivity contribution in [1.29, 1.82) is 0 Å². The van der Waals surface area contributed by atoms with Gasteiger partial charge in [-0.2, -0.15) is 4.98 Å². The minimum atomic E-state index is 0.360. The van der Waals surface area contributed by atoms with E-state index in [1.807, 2.05) is 0 Å². The molecular formula is C15H25N5. The number of H-pyrrole nitrogens is 1. The highest BCUT2D eigenvalue weighted by molar-refractivity contribution is 5.29. The largest absolute Gasteiger partial charge is 0.339 e. The molecule has 0 spiro atoms. The van der Waals surface area contributed by atoms with Gasteiger partial charge in [0.05, 0.1) is 0 Å². The van der Waals surface area contributed by atoms with E-state index in [0.717, 1.165) is 61.9 Å². The number of nitrogens with one attached hydrogen (secondary N) is 1. The van der Waals surface area contributed by atoms with E-state index in [1.165, 1.54) is 25.7 Å². The molecule has 3 fully saturated rings. The first-order valence-electron chi connectivity index (χ1n) is 8.19. The van der Waals surface area contributed by atoms with Crippen molar-refractivity contribution in [2.45, 2.75) is 51.0 Å². The van der Waals surface area contributed by atoms with Gasteiger partial charge in [-0.15, -0.1) is 5.10 Å². The predicted molar refractivity (Wildman–Crippen MR) is 78.4 cm³/mol. The maximum absolute atomic E-state index is 5.95. The third-order valence-corrected chi connectivity index (χ3v) is 5.68.